The van der Waals surface area contributed by atoms with E-state index in [1.54, 1.807) is 12.1 Å². The number of anilines is 1. The van der Waals surface area contributed by atoms with E-state index in [1.807, 2.05) is 13.8 Å². The Labute approximate surface area is 170 Å². The maximum absolute atomic E-state index is 13.5. The number of likely N-dealkylation sites (tertiary alicyclic amines) is 1. The second-order valence-corrected chi connectivity index (χ2v) is 8.22. The maximum Gasteiger partial charge on any atom is 0.274 e. The van der Waals surface area contributed by atoms with Crippen LogP contribution in [0.3, 0.4) is 0 Å². The van der Waals surface area contributed by atoms with Crippen molar-refractivity contribution in [1.29, 1.82) is 0 Å². The number of hydrogen-bond donors (Lipinski definition) is 2. The summed E-state index contributed by atoms with van der Waals surface area (Å²) in [5.41, 5.74) is 6.67. The molecule has 8 nitrogen and oxygen atoms in total. The lowest BCUT2D eigenvalue weighted by atomic mass is 9.99. The van der Waals surface area contributed by atoms with Crippen LogP contribution in [0.5, 0.6) is 0 Å². The molecule has 1 aromatic carbocycles. The Bertz CT molecular complexity index is 1110. The minimum Gasteiger partial charge on any atom is -0.369 e. The van der Waals surface area contributed by atoms with Gasteiger partial charge in [0, 0.05) is 13.1 Å². The number of rotatable bonds is 5. The van der Waals surface area contributed by atoms with Gasteiger partial charge in [-0.2, -0.15) is 4.98 Å². The molecule has 1 atom stereocenters. The van der Waals surface area contributed by atoms with Crippen molar-refractivity contribution in [2.75, 3.05) is 18.4 Å². The highest BCUT2D eigenvalue weighted by Gasteiger charge is 2.36. The average molecular weight is 414 g/mol. The molecule has 3 N–H and O–H groups in total. The zero-order chi connectivity index (χ0) is 20.7. The predicted octanol–water partition coefficient (Wildman–Crippen LogP) is 2.26. The Balaban J connectivity index is 1.64. The van der Waals surface area contributed by atoms with Crippen molar-refractivity contribution in [2.45, 2.75) is 19.9 Å². The van der Waals surface area contributed by atoms with Gasteiger partial charge >= 0.3 is 0 Å². The molecule has 1 aliphatic rings. The summed E-state index contributed by atoms with van der Waals surface area (Å²) in [4.78, 5) is 39.0. The van der Waals surface area contributed by atoms with Crippen molar-refractivity contribution in [3.8, 4) is 0 Å². The molecule has 2 amide bonds. The molecule has 2 aromatic heterocycles. The van der Waals surface area contributed by atoms with Gasteiger partial charge in [0.15, 0.2) is 11.3 Å². The number of aromatic nitrogens is 3. The van der Waals surface area contributed by atoms with E-state index in [4.69, 9.17) is 5.73 Å². The lowest BCUT2D eigenvalue weighted by Crippen LogP contribution is -2.54. The number of primary amides is 1. The highest BCUT2D eigenvalue weighted by Crippen LogP contribution is 2.28. The van der Waals surface area contributed by atoms with Gasteiger partial charge in [-0.1, -0.05) is 12.1 Å². The first-order valence-corrected chi connectivity index (χ1v) is 9.89. The molecule has 1 aliphatic heterocycles. The number of nitrogens with one attached hydrogen (secondary N) is 1. The average Bonchev–Trinajstić information content (AvgIpc) is 2.99. The summed E-state index contributed by atoms with van der Waals surface area (Å²) in [6.45, 7) is 4.23. The number of carbonyl (C=O) groups excluding carboxylic acids is 2. The molecule has 1 saturated heterocycles. The third-order valence-corrected chi connectivity index (χ3v) is 5.80. The molecule has 0 radical (unpaired) electrons. The molecule has 1 fully saturated rings. The van der Waals surface area contributed by atoms with Crippen LogP contribution in [-0.2, 0) is 4.79 Å². The number of carbonyl (C=O) groups is 2. The monoisotopic (exact) mass is 414 g/mol. The number of thiazole rings is 1. The molecule has 0 aliphatic carbocycles. The summed E-state index contributed by atoms with van der Waals surface area (Å²) < 4.78 is 14.1. The number of benzene rings is 1. The van der Waals surface area contributed by atoms with Gasteiger partial charge in [-0.25, -0.2) is 14.4 Å². The van der Waals surface area contributed by atoms with Gasteiger partial charge in [-0.05, 0) is 31.5 Å². The van der Waals surface area contributed by atoms with Crippen LogP contribution in [-0.4, -0.2) is 44.8 Å². The van der Waals surface area contributed by atoms with Crippen LogP contribution in [0.2, 0.25) is 0 Å². The molecule has 3 aromatic rings. The Hall–Kier alpha value is -3.14. The zero-order valence-corrected chi connectivity index (χ0v) is 16.7. The summed E-state index contributed by atoms with van der Waals surface area (Å²) in [6, 6.07) is 5.95. The number of hydrogen-bond acceptors (Lipinski definition) is 7. The molecule has 150 valence electrons. The summed E-state index contributed by atoms with van der Waals surface area (Å²) in [7, 11) is 0. The van der Waals surface area contributed by atoms with Crippen molar-refractivity contribution in [2.24, 2.45) is 11.7 Å². The van der Waals surface area contributed by atoms with E-state index < -0.39 is 5.91 Å². The van der Waals surface area contributed by atoms with Crippen LogP contribution in [0, 0.1) is 18.7 Å². The van der Waals surface area contributed by atoms with Gasteiger partial charge in [-0.3, -0.25) is 9.59 Å². The first-order chi connectivity index (χ1) is 13.8. The van der Waals surface area contributed by atoms with Gasteiger partial charge in [0.05, 0.1) is 17.0 Å². The summed E-state index contributed by atoms with van der Waals surface area (Å²) >= 11 is 1.34. The molecular formula is C19H19FN6O2S. The molecule has 4 rings (SSSR count). The van der Waals surface area contributed by atoms with E-state index in [2.05, 4.69) is 20.3 Å². The number of nitrogens with zero attached hydrogens (tertiary/aromatic N) is 4. The van der Waals surface area contributed by atoms with Gasteiger partial charge in [0.2, 0.25) is 11.9 Å². The Morgan fingerprint density at radius 1 is 1.31 bits per heavy atom. The second kappa shape index (κ2) is 7.36. The SMILES string of the molecule is Cc1nc2nc(NC(C)c3cccc(F)c3)nc(C(=O)N3CC(C(N)=O)C3)c2s1. The maximum atomic E-state index is 13.5. The third-order valence-electron chi connectivity index (χ3n) is 4.83. The van der Waals surface area contributed by atoms with E-state index in [9.17, 15) is 14.0 Å². The van der Waals surface area contributed by atoms with Crippen LogP contribution in [0.25, 0.3) is 10.3 Å². The molecule has 0 bridgehead atoms. The highest BCUT2D eigenvalue weighted by molar-refractivity contribution is 7.18. The minimum absolute atomic E-state index is 0.231. The van der Waals surface area contributed by atoms with Gasteiger partial charge in [0.1, 0.15) is 10.5 Å². The molecule has 10 heteroatoms. The Kier molecular flexibility index (Phi) is 4.87. The van der Waals surface area contributed by atoms with Gasteiger partial charge in [0.25, 0.3) is 5.91 Å². The normalized spacial score (nSPS) is 15.2. The Morgan fingerprint density at radius 3 is 2.76 bits per heavy atom. The smallest absolute Gasteiger partial charge is 0.274 e. The molecular weight excluding hydrogens is 395 g/mol. The van der Waals surface area contributed by atoms with E-state index in [1.165, 1.54) is 28.4 Å². The van der Waals surface area contributed by atoms with Crippen molar-refractivity contribution in [3.63, 3.8) is 0 Å². The van der Waals surface area contributed by atoms with Crippen LogP contribution >= 0.6 is 11.3 Å². The topological polar surface area (TPSA) is 114 Å². The number of halogens is 1. The molecule has 0 saturated carbocycles. The van der Waals surface area contributed by atoms with Crippen LogP contribution < -0.4 is 11.1 Å². The molecule has 0 spiro atoms. The van der Waals surface area contributed by atoms with E-state index in [0.29, 0.717) is 10.3 Å². The lowest BCUT2D eigenvalue weighted by molar-refractivity contribution is -0.125. The Morgan fingerprint density at radius 2 is 2.07 bits per heavy atom. The van der Waals surface area contributed by atoms with Crippen LogP contribution in [0.4, 0.5) is 10.3 Å². The van der Waals surface area contributed by atoms with Gasteiger partial charge < -0.3 is 16.0 Å². The van der Waals surface area contributed by atoms with Crippen molar-refractivity contribution in [3.05, 3.63) is 46.3 Å². The quantitative estimate of drug-likeness (QED) is 0.662. The second-order valence-electron chi connectivity index (χ2n) is 7.01. The molecule has 29 heavy (non-hydrogen) atoms. The first-order valence-electron chi connectivity index (χ1n) is 9.07. The number of nitrogens with two attached hydrogens (primary N) is 1. The molecule has 3 heterocycles. The summed E-state index contributed by atoms with van der Waals surface area (Å²) in [6.07, 6.45) is 0. The van der Waals surface area contributed by atoms with Crippen molar-refractivity contribution < 1.29 is 14.0 Å². The fraction of sp³-hybridized carbons (Fsp3) is 0.316. The van der Waals surface area contributed by atoms with E-state index >= 15 is 0 Å². The minimum atomic E-state index is -0.415. The standard InChI is InChI=1S/C19H19FN6O2S/c1-9(11-4-3-5-13(20)6-11)22-19-24-14(15-17(25-19)23-10(2)29-15)18(28)26-7-12(8-26)16(21)27/h3-6,9,12H,7-8H2,1-2H3,(H2,21,27)(H,22,24,25). The summed E-state index contributed by atoms with van der Waals surface area (Å²) in [5.74, 6) is -1.14. The van der Waals surface area contributed by atoms with Crippen molar-refractivity contribution >= 4 is 39.4 Å². The fourth-order valence-electron chi connectivity index (χ4n) is 3.16. The highest BCUT2D eigenvalue weighted by atomic mass is 32.1. The summed E-state index contributed by atoms with van der Waals surface area (Å²) in [5, 5.41) is 3.88. The van der Waals surface area contributed by atoms with Crippen LogP contribution in [0.1, 0.15) is 34.0 Å². The fourth-order valence-corrected chi connectivity index (χ4v) is 4.00. The number of aryl methyl sites for hydroxylation is 1. The van der Waals surface area contributed by atoms with E-state index in [-0.39, 0.29) is 48.4 Å². The van der Waals surface area contributed by atoms with Crippen molar-refractivity contribution in [1.82, 2.24) is 19.9 Å². The van der Waals surface area contributed by atoms with Gasteiger partial charge in [-0.15, -0.1) is 11.3 Å². The number of fused-ring (bicyclic) bond motifs is 1. The lowest BCUT2D eigenvalue weighted by Gasteiger charge is -2.37. The third kappa shape index (κ3) is 3.75. The largest absolute Gasteiger partial charge is 0.369 e. The molecule has 1 unspecified atom stereocenters. The first kappa shape index (κ1) is 19.2. The number of amides is 2. The zero-order valence-electron chi connectivity index (χ0n) is 15.8. The van der Waals surface area contributed by atoms with Crippen LogP contribution in [0.15, 0.2) is 24.3 Å². The predicted molar refractivity (Wildman–Crippen MR) is 107 cm³/mol. The van der Waals surface area contributed by atoms with E-state index in [0.717, 1.165) is 10.6 Å².